The third-order valence-electron chi connectivity index (χ3n) is 4.14. The minimum atomic E-state index is 0.106. The number of para-hydroxylation sites is 1. The molecule has 6 heteroatoms. The normalized spacial score (nSPS) is 12.9. The summed E-state index contributed by atoms with van der Waals surface area (Å²) in [7, 11) is 5.77. The molecule has 1 heterocycles. The number of ether oxygens (including phenoxy) is 1. The largest absolute Gasteiger partial charge is 0.496 e. The van der Waals surface area contributed by atoms with Crippen LogP contribution in [0.15, 0.2) is 52.1 Å². The van der Waals surface area contributed by atoms with Gasteiger partial charge in [-0.15, -0.1) is 0 Å². The van der Waals surface area contributed by atoms with Gasteiger partial charge in [0.1, 0.15) is 11.5 Å². The number of aliphatic imine (C=N–C) groups is 1. The first kappa shape index (κ1) is 19.8. The van der Waals surface area contributed by atoms with Crippen LogP contribution in [0, 0.1) is 0 Å². The zero-order chi connectivity index (χ0) is 18.8. The van der Waals surface area contributed by atoms with Crippen molar-refractivity contribution in [2.75, 3.05) is 40.8 Å². The molecule has 2 rings (SSSR count). The first-order valence-electron chi connectivity index (χ1n) is 8.99. The molecule has 1 unspecified atom stereocenters. The molecular weight excluding hydrogens is 328 g/mol. The molecule has 0 amide bonds. The number of furan rings is 1. The third-order valence-corrected chi connectivity index (χ3v) is 4.14. The van der Waals surface area contributed by atoms with Crippen LogP contribution in [0.25, 0.3) is 0 Å². The molecule has 2 N–H and O–H groups in total. The van der Waals surface area contributed by atoms with Crippen LogP contribution < -0.4 is 15.4 Å². The van der Waals surface area contributed by atoms with E-state index in [4.69, 9.17) is 14.1 Å². The van der Waals surface area contributed by atoms with Crippen molar-refractivity contribution in [3.05, 3.63) is 54.0 Å². The fraction of sp³-hybridized carbons (Fsp3) is 0.450. The quantitative estimate of drug-likeness (QED) is 0.533. The molecule has 0 fully saturated rings. The molecule has 0 bridgehead atoms. The highest BCUT2D eigenvalue weighted by Gasteiger charge is 2.16. The van der Waals surface area contributed by atoms with Gasteiger partial charge in [0.2, 0.25) is 0 Å². The number of guanidine groups is 1. The van der Waals surface area contributed by atoms with Gasteiger partial charge in [-0.2, -0.15) is 0 Å². The Bertz CT molecular complexity index is 668. The fourth-order valence-corrected chi connectivity index (χ4v) is 2.73. The van der Waals surface area contributed by atoms with Crippen molar-refractivity contribution in [3.8, 4) is 5.75 Å². The number of nitrogens with one attached hydrogen (secondary N) is 2. The molecule has 0 saturated heterocycles. The van der Waals surface area contributed by atoms with E-state index < -0.39 is 0 Å². The zero-order valence-electron chi connectivity index (χ0n) is 16.2. The minimum absolute atomic E-state index is 0.106. The van der Waals surface area contributed by atoms with E-state index in [9.17, 15) is 0 Å². The Morgan fingerprint density at radius 1 is 1.19 bits per heavy atom. The lowest BCUT2D eigenvalue weighted by atomic mass is 10.1. The number of hydrogen-bond acceptors (Lipinski definition) is 4. The highest BCUT2D eigenvalue weighted by molar-refractivity contribution is 5.79. The van der Waals surface area contributed by atoms with Crippen LogP contribution in [-0.2, 0) is 6.42 Å². The van der Waals surface area contributed by atoms with E-state index in [1.165, 1.54) is 5.56 Å². The summed E-state index contributed by atoms with van der Waals surface area (Å²) in [5.74, 6) is 2.64. The van der Waals surface area contributed by atoms with Gasteiger partial charge >= 0.3 is 0 Å². The first-order chi connectivity index (χ1) is 12.7. The van der Waals surface area contributed by atoms with E-state index in [1.54, 1.807) is 13.4 Å². The summed E-state index contributed by atoms with van der Waals surface area (Å²) in [6.45, 7) is 4.27. The van der Waals surface area contributed by atoms with Gasteiger partial charge < -0.3 is 19.8 Å². The zero-order valence-corrected chi connectivity index (χ0v) is 16.2. The van der Waals surface area contributed by atoms with Crippen molar-refractivity contribution in [2.24, 2.45) is 4.99 Å². The van der Waals surface area contributed by atoms with Gasteiger partial charge in [-0.25, -0.2) is 0 Å². The van der Waals surface area contributed by atoms with Crippen LogP contribution in [0.3, 0.4) is 0 Å². The van der Waals surface area contributed by atoms with Crippen LogP contribution in [0.5, 0.6) is 5.75 Å². The summed E-state index contributed by atoms with van der Waals surface area (Å²) in [6.07, 6.45) is 2.57. The van der Waals surface area contributed by atoms with Crippen LogP contribution in [-0.4, -0.2) is 51.7 Å². The van der Waals surface area contributed by atoms with E-state index in [1.807, 2.05) is 44.4 Å². The third kappa shape index (κ3) is 5.81. The Labute approximate surface area is 156 Å². The van der Waals surface area contributed by atoms with E-state index >= 15 is 0 Å². The lowest BCUT2D eigenvalue weighted by Crippen LogP contribution is -2.39. The lowest BCUT2D eigenvalue weighted by Gasteiger charge is -2.21. The molecule has 0 saturated carbocycles. The molecule has 0 radical (unpaired) electrons. The van der Waals surface area contributed by atoms with Crippen LogP contribution in [0.4, 0.5) is 0 Å². The molecule has 0 aliphatic carbocycles. The van der Waals surface area contributed by atoms with Gasteiger partial charge in [0.15, 0.2) is 5.96 Å². The monoisotopic (exact) mass is 358 g/mol. The molecule has 142 valence electrons. The molecule has 1 aromatic carbocycles. The Morgan fingerprint density at radius 2 is 2.00 bits per heavy atom. The Kier molecular flexibility index (Phi) is 8.02. The second-order valence-electron chi connectivity index (χ2n) is 6.20. The molecular formula is C20H30N4O2. The summed E-state index contributed by atoms with van der Waals surface area (Å²) < 4.78 is 11.0. The van der Waals surface area contributed by atoms with Gasteiger partial charge in [-0.1, -0.05) is 18.2 Å². The number of nitrogens with zero attached hydrogens (tertiary/aromatic N) is 2. The van der Waals surface area contributed by atoms with E-state index in [0.717, 1.165) is 37.0 Å². The van der Waals surface area contributed by atoms with Crippen molar-refractivity contribution in [1.82, 2.24) is 15.5 Å². The molecule has 0 aliphatic heterocycles. The standard InChI is InChI=1S/C20H30N4O2/c1-5-21-20(22-13-12-16-9-6-7-10-18(16)25-4)23-15-17(24(2)3)19-11-8-14-26-19/h6-11,14,17H,5,12-13,15H2,1-4H3,(H2,21,22,23). The van der Waals surface area contributed by atoms with Gasteiger partial charge in [0.25, 0.3) is 0 Å². The van der Waals surface area contributed by atoms with E-state index in [2.05, 4.69) is 28.5 Å². The summed E-state index contributed by atoms with van der Waals surface area (Å²) >= 11 is 0. The maximum atomic E-state index is 5.55. The summed E-state index contributed by atoms with van der Waals surface area (Å²) in [5, 5.41) is 6.69. The minimum Gasteiger partial charge on any atom is -0.496 e. The highest BCUT2D eigenvalue weighted by Crippen LogP contribution is 2.19. The summed E-state index contributed by atoms with van der Waals surface area (Å²) in [5.41, 5.74) is 1.18. The number of rotatable bonds is 9. The Hall–Kier alpha value is -2.47. The van der Waals surface area contributed by atoms with Crippen molar-refractivity contribution in [2.45, 2.75) is 19.4 Å². The first-order valence-corrected chi connectivity index (χ1v) is 8.99. The molecule has 1 aromatic heterocycles. The second kappa shape index (κ2) is 10.5. The van der Waals surface area contributed by atoms with E-state index in [-0.39, 0.29) is 6.04 Å². The number of hydrogen-bond donors (Lipinski definition) is 2. The van der Waals surface area contributed by atoms with Crippen LogP contribution in [0.1, 0.15) is 24.3 Å². The molecule has 26 heavy (non-hydrogen) atoms. The topological polar surface area (TPSA) is 62.0 Å². The molecule has 2 aromatic rings. The van der Waals surface area contributed by atoms with Gasteiger partial charge in [0.05, 0.1) is 26.0 Å². The van der Waals surface area contributed by atoms with Crippen molar-refractivity contribution < 1.29 is 9.15 Å². The van der Waals surface area contributed by atoms with Crippen LogP contribution in [0.2, 0.25) is 0 Å². The van der Waals surface area contributed by atoms with Crippen LogP contribution >= 0.6 is 0 Å². The number of benzene rings is 1. The molecule has 0 spiro atoms. The molecule has 6 nitrogen and oxygen atoms in total. The smallest absolute Gasteiger partial charge is 0.191 e. The second-order valence-corrected chi connectivity index (χ2v) is 6.20. The molecule has 1 atom stereocenters. The maximum absolute atomic E-state index is 5.55. The van der Waals surface area contributed by atoms with Crippen molar-refractivity contribution in [3.63, 3.8) is 0 Å². The average Bonchev–Trinajstić information content (AvgIpc) is 3.16. The van der Waals surface area contributed by atoms with Gasteiger partial charge in [0, 0.05) is 13.1 Å². The van der Waals surface area contributed by atoms with Crippen molar-refractivity contribution in [1.29, 1.82) is 0 Å². The maximum Gasteiger partial charge on any atom is 0.191 e. The fourth-order valence-electron chi connectivity index (χ4n) is 2.73. The highest BCUT2D eigenvalue weighted by atomic mass is 16.5. The van der Waals surface area contributed by atoms with E-state index in [0.29, 0.717) is 6.54 Å². The predicted octanol–water partition coefficient (Wildman–Crippen LogP) is 2.69. The van der Waals surface area contributed by atoms with Gasteiger partial charge in [-0.05, 0) is 51.2 Å². The number of likely N-dealkylation sites (N-methyl/N-ethyl adjacent to an activating group) is 1. The predicted molar refractivity (Wildman–Crippen MR) is 106 cm³/mol. The number of methoxy groups -OCH3 is 1. The summed E-state index contributed by atoms with van der Waals surface area (Å²) in [6, 6.07) is 12.1. The Balaban J connectivity index is 1.95. The average molecular weight is 358 g/mol. The molecule has 0 aliphatic rings. The van der Waals surface area contributed by atoms with Crippen molar-refractivity contribution >= 4 is 5.96 Å². The summed E-state index contributed by atoms with van der Waals surface area (Å²) in [4.78, 5) is 6.84. The SMILES string of the molecule is CCNC(=NCC(c1ccco1)N(C)C)NCCc1ccccc1OC. The lowest BCUT2D eigenvalue weighted by molar-refractivity contribution is 0.265. The van der Waals surface area contributed by atoms with Gasteiger partial charge in [-0.3, -0.25) is 9.89 Å². The Morgan fingerprint density at radius 3 is 2.65 bits per heavy atom.